The van der Waals surface area contributed by atoms with E-state index in [-0.39, 0.29) is 0 Å². The number of aliphatic hydroxyl groups is 1. The van der Waals surface area contributed by atoms with Crippen LogP contribution in [0.15, 0.2) is 40.9 Å². The third-order valence-corrected chi connectivity index (χ3v) is 3.21. The molecule has 0 bridgehead atoms. The quantitative estimate of drug-likeness (QED) is 0.861. The van der Waals surface area contributed by atoms with Crippen molar-refractivity contribution in [1.29, 1.82) is 0 Å². The Morgan fingerprint density at radius 2 is 2.19 bits per heavy atom. The van der Waals surface area contributed by atoms with Crippen molar-refractivity contribution in [3.8, 4) is 0 Å². The van der Waals surface area contributed by atoms with E-state index in [2.05, 4.69) is 15.9 Å². The highest BCUT2D eigenvalue weighted by molar-refractivity contribution is 9.10. The Bertz CT molecular complexity index is 428. The molecular weight excluding hydrogens is 272 g/mol. The van der Waals surface area contributed by atoms with Crippen molar-refractivity contribution in [3.05, 3.63) is 46.5 Å². The van der Waals surface area contributed by atoms with Crippen LogP contribution < -0.4 is 0 Å². The summed E-state index contributed by atoms with van der Waals surface area (Å²) < 4.78 is 5.87. The molecule has 0 unspecified atom stereocenters. The van der Waals surface area contributed by atoms with Crippen LogP contribution in [0, 0.1) is 0 Å². The lowest BCUT2D eigenvalue weighted by molar-refractivity contribution is -0.142. The highest BCUT2D eigenvalue weighted by atomic mass is 79.9. The van der Waals surface area contributed by atoms with Crippen LogP contribution in [0.5, 0.6) is 0 Å². The van der Waals surface area contributed by atoms with Crippen molar-refractivity contribution in [2.24, 2.45) is 0 Å². The number of hydrogen-bond acceptors (Lipinski definition) is 3. The minimum Gasteiger partial charge on any atom is -0.452 e. The molecule has 1 N–H and O–H groups in total. The number of halogens is 1. The van der Waals surface area contributed by atoms with Gasteiger partial charge in [-0.2, -0.15) is 0 Å². The Hall–Kier alpha value is -1.13. The van der Waals surface area contributed by atoms with E-state index in [0.29, 0.717) is 6.42 Å². The summed E-state index contributed by atoms with van der Waals surface area (Å²) in [6.45, 7) is 0. The Balaban J connectivity index is 2.03. The molecule has 0 radical (unpaired) electrons. The molecule has 4 heteroatoms. The van der Waals surface area contributed by atoms with Gasteiger partial charge < -0.3 is 9.84 Å². The first-order valence-electron chi connectivity index (χ1n) is 4.97. The average molecular weight is 283 g/mol. The van der Waals surface area contributed by atoms with Gasteiger partial charge in [0.2, 0.25) is 0 Å². The number of rotatable bonds is 3. The predicted molar refractivity (Wildman–Crippen MR) is 62.9 cm³/mol. The van der Waals surface area contributed by atoms with Gasteiger partial charge in [0.15, 0.2) is 0 Å². The summed E-state index contributed by atoms with van der Waals surface area (Å²) in [6.07, 6.45) is 2.14. The molecular formula is C12H11BrO3. The molecule has 0 aliphatic carbocycles. The molecule has 0 aromatic heterocycles. The van der Waals surface area contributed by atoms with E-state index < -0.39 is 18.2 Å². The summed E-state index contributed by atoms with van der Waals surface area (Å²) in [5.74, 6) is -0.392. The first-order chi connectivity index (χ1) is 7.66. The van der Waals surface area contributed by atoms with Gasteiger partial charge in [0.1, 0.15) is 6.10 Å². The van der Waals surface area contributed by atoms with E-state index in [0.717, 1.165) is 10.0 Å². The lowest BCUT2D eigenvalue weighted by Crippen LogP contribution is -2.27. The van der Waals surface area contributed by atoms with Crippen LogP contribution in [0.3, 0.4) is 0 Å². The van der Waals surface area contributed by atoms with Crippen molar-refractivity contribution in [1.82, 2.24) is 0 Å². The van der Waals surface area contributed by atoms with Crippen molar-refractivity contribution in [3.63, 3.8) is 0 Å². The first-order valence-corrected chi connectivity index (χ1v) is 5.76. The molecule has 2 atom stereocenters. The van der Waals surface area contributed by atoms with Gasteiger partial charge in [-0.1, -0.05) is 34.1 Å². The molecule has 1 aromatic rings. The standard InChI is InChI=1S/C12H11BrO3/c13-9-4-2-1-3-8(9)7-10(14)11-5-6-12(15)16-11/h1-6,10-11,14H,7H2/t10-,11-/m0/s1. The monoisotopic (exact) mass is 282 g/mol. The van der Waals surface area contributed by atoms with E-state index in [9.17, 15) is 9.90 Å². The Morgan fingerprint density at radius 3 is 2.81 bits per heavy atom. The second kappa shape index (κ2) is 4.80. The van der Waals surface area contributed by atoms with Crippen LogP contribution in [0.1, 0.15) is 5.56 Å². The summed E-state index contributed by atoms with van der Waals surface area (Å²) in [5, 5.41) is 9.90. The second-order valence-electron chi connectivity index (χ2n) is 3.62. The lowest BCUT2D eigenvalue weighted by atomic mass is 10.0. The molecule has 84 valence electrons. The molecule has 1 aromatic carbocycles. The topological polar surface area (TPSA) is 46.5 Å². The van der Waals surface area contributed by atoms with Crippen molar-refractivity contribution < 1.29 is 14.6 Å². The fourth-order valence-corrected chi connectivity index (χ4v) is 2.04. The molecule has 3 nitrogen and oxygen atoms in total. The largest absolute Gasteiger partial charge is 0.452 e. The van der Waals surface area contributed by atoms with Crippen molar-refractivity contribution >= 4 is 21.9 Å². The highest BCUT2D eigenvalue weighted by Crippen LogP contribution is 2.20. The molecule has 1 aliphatic heterocycles. The molecule has 0 fully saturated rings. The van der Waals surface area contributed by atoms with Crippen LogP contribution in [0.25, 0.3) is 0 Å². The number of benzene rings is 1. The van der Waals surface area contributed by atoms with Gasteiger partial charge in [-0.15, -0.1) is 0 Å². The third-order valence-electron chi connectivity index (χ3n) is 2.44. The van der Waals surface area contributed by atoms with Crippen LogP contribution in [0.2, 0.25) is 0 Å². The summed E-state index contributed by atoms with van der Waals surface area (Å²) >= 11 is 3.41. The van der Waals surface area contributed by atoms with E-state index in [1.807, 2.05) is 24.3 Å². The number of cyclic esters (lactones) is 1. The molecule has 0 saturated carbocycles. The van der Waals surface area contributed by atoms with Gasteiger partial charge in [-0.25, -0.2) is 4.79 Å². The van der Waals surface area contributed by atoms with Crippen LogP contribution in [-0.4, -0.2) is 23.3 Å². The van der Waals surface area contributed by atoms with E-state index >= 15 is 0 Å². The Kier molecular flexibility index (Phi) is 3.41. The fourth-order valence-electron chi connectivity index (χ4n) is 1.60. The highest BCUT2D eigenvalue weighted by Gasteiger charge is 2.25. The number of carbonyl (C=O) groups excluding carboxylic acids is 1. The molecule has 1 aliphatic rings. The molecule has 0 saturated heterocycles. The first kappa shape index (κ1) is 11.4. The number of esters is 1. The normalized spacial score (nSPS) is 20.9. The van der Waals surface area contributed by atoms with E-state index in [1.165, 1.54) is 6.08 Å². The molecule has 0 spiro atoms. The molecule has 1 heterocycles. The Morgan fingerprint density at radius 1 is 1.44 bits per heavy atom. The van der Waals surface area contributed by atoms with Crippen LogP contribution >= 0.6 is 15.9 Å². The van der Waals surface area contributed by atoms with Gasteiger partial charge in [0, 0.05) is 17.0 Å². The summed E-state index contributed by atoms with van der Waals surface area (Å²) in [6, 6.07) is 7.66. The van der Waals surface area contributed by atoms with Gasteiger partial charge in [-0.3, -0.25) is 0 Å². The van der Waals surface area contributed by atoms with Crippen molar-refractivity contribution in [2.75, 3.05) is 0 Å². The zero-order valence-electron chi connectivity index (χ0n) is 8.47. The maximum atomic E-state index is 10.8. The van der Waals surface area contributed by atoms with Gasteiger partial charge in [0.25, 0.3) is 0 Å². The fraction of sp³-hybridized carbons (Fsp3) is 0.250. The average Bonchev–Trinajstić information content (AvgIpc) is 2.68. The lowest BCUT2D eigenvalue weighted by Gasteiger charge is -2.16. The predicted octanol–water partition coefficient (Wildman–Crippen LogP) is 1.83. The minimum absolute atomic E-state index is 0.392. The van der Waals surface area contributed by atoms with E-state index in [1.54, 1.807) is 6.08 Å². The number of aliphatic hydroxyl groups excluding tert-OH is 1. The van der Waals surface area contributed by atoms with E-state index in [4.69, 9.17) is 4.74 Å². The van der Waals surface area contributed by atoms with Gasteiger partial charge >= 0.3 is 5.97 Å². The van der Waals surface area contributed by atoms with Crippen LogP contribution in [0.4, 0.5) is 0 Å². The SMILES string of the molecule is O=C1C=C[C@@H]([C@@H](O)Cc2ccccc2Br)O1. The minimum atomic E-state index is -0.707. The summed E-state index contributed by atoms with van der Waals surface area (Å²) in [7, 11) is 0. The number of ether oxygens (including phenoxy) is 1. The van der Waals surface area contributed by atoms with Crippen LogP contribution in [-0.2, 0) is 16.0 Å². The molecule has 0 amide bonds. The zero-order valence-corrected chi connectivity index (χ0v) is 10.1. The maximum absolute atomic E-state index is 10.8. The summed E-state index contributed by atoms with van der Waals surface area (Å²) in [5.41, 5.74) is 0.992. The third kappa shape index (κ3) is 2.51. The molecule has 16 heavy (non-hydrogen) atoms. The maximum Gasteiger partial charge on any atom is 0.331 e. The van der Waals surface area contributed by atoms with Crippen molar-refractivity contribution in [2.45, 2.75) is 18.6 Å². The smallest absolute Gasteiger partial charge is 0.331 e. The van der Waals surface area contributed by atoms with Gasteiger partial charge in [-0.05, 0) is 17.7 Å². The second-order valence-corrected chi connectivity index (χ2v) is 4.48. The Labute approximate surface area is 102 Å². The summed E-state index contributed by atoms with van der Waals surface area (Å²) in [4.78, 5) is 10.8. The zero-order chi connectivity index (χ0) is 11.5. The van der Waals surface area contributed by atoms with Gasteiger partial charge in [0.05, 0.1) is 6.10 Å². The number of hydrogen-bond donors (Lipinski definition) is 1. The number of carbonyl (C=O) groups is 1. The molecule has 2 rings (SSSR count).